The first-order valence-electron chi connectivity index (χ1n) is 8.33. The predicted molar refractivity (Wildman–Crippen MR) is 101 cm³/mol. The van der Waals surface area contributed by atoms with E-state index in [1.54, 1.807) is 34.9 Å². The zero-order valence-corrected chi connectivity index (χ0v) is 15.2. The van der Waals surface area contributed by atoms with E-state index in [1.165, 1.54) is 6.92 Å². The predicted octanol–water partition coefficient (Wildman–Crippen LogP) is 2.76. The molecular formula is C19H18N6O2. The van der Waals surface area contributed by atoms with Crippen molar-refractivity contribution in [1.29, 1.82) is 0 Å². The van der Waals surface area contributed by atoms with E-state index in [9.17, 15) is 4.79 Å². The van der Waals surface area contributed by atoms with Gasteiger partial charge in [-0.2, -0.15) is 10.2 Å². The summed E-state index contributed by atoms with van der Waals surface area (Å²) < 4.78 is 9.18. The van der Waals surface area contributed by atoms with Gasteiger partial charge in [0, 0.05) is 49.3 Å². The van der Waals surface area contributed by atoms with Crippen LogP contribution in [0.5, 0.6) is 5.75 Å². The van der Waals surface area contributed by atoms with E-state index in [0.717, 1.165) is 27.8 Å². The van der Waals surface area contributed by atoms with Crippen LogP contribution in [0.2, 0.25) is 0 Å². The van der Waals surface area contributed by atoms with Crippen LogP contribution in [0.1, 0.15) is 6.92 Å². The quantitative estimate of drug-likeness (QED) is 0.603. The number of pyridine rings is 2. The van der Waals surface area contributed by atoms with Crippen molar-refractivity contribution in [3.8, 4) is 28.0 Å². The van der Waals surface area contributed by atoms with Crippen molar-refractivity contribution >= 4 is 17.2 Å². The lowest BCUT2D eigenvalue weighted by molar-refractivity contribution is -0.114. The number of ether oxygens (including phenoxy) is 1. The number of rotatable bonds is 4. The molecule has 0 saturated heterocycles. The number of hydrogen-bond donors (Lipinski definition) is 1. The molecule has 4 aromatic rings. The van der Waals surface area contributed by atoms with E-state index in [0.29, 0.717) is 11.6 Å². The second-order valence-electron chi connectivity index (χ2n) is 6.16. The number of nitrogens with zero attached hydrogens (tertiary/aromatic N) is 5. The van der Waals surface area contributed by atoms with Crippen molar-refractivity contribution < 1.29 is 9.53 Å². The monoisotopic (exact) mass is 362 g/mol. The fraction of sp³-hybridized carbons (Fsp3) is 0.158. The van der Waals surface area contributed by atoms with Crippen LogP contribution in [-0.4, -0.2) is 37.4 Å². The van der Waals surface area contributed by atoms with Gasteiger partial charge in [-0.3, -0.25) is 9.48 Å². The molecule has 0 aromatic carbocycles. The van der Waals surface area contributed by atoms with Crippen LogP contribution >= 0.6 is 0 Å². The van der Waals surface area contributed by atoms with Gasteiger partial charge in [-0.05, 0) is 23.8 Å². The molecule has 0 radical (unpaired) electrons. The van der Waals surface area contributed by atoms with Crippen LogP contribution in [-0.2, 0) is 11.8 Å². The van der Waals surface area contributed by atoms with Crippen molar-refractivity contribution in [1.82, 2.24) is 24.4 Å². The summed E-state index contributed by atoms with van der Waals surface area (Å²) in [7, 11) is 3.51. The first-order chi connectivity index (χ1) is 13.0. The van der Waals surface area contributed by atoms with Gasteiger partial charge in [0.2, 0.25) is 5.91 Å². The van der Waals surface area contributed by atoms with Gasteiger partial charge in [0.05, 0.1) is 19.5 Å². The van der Waals surface area contributed by atoms with Crippen molar-refractivity contribution in [3.05, 3.63) is 49.2 Å². The molecule has 0 spiro atoms. The molecule has 0 bridgehead atoms. The average Bonchev–Trinajstić information content (AvgIpc) is 3.26. The standard InChI is InChI=1S/C19H18N6O2/c1-12(26)23-18-7-13(4-5-20-18)16-9-22-25-11-14(6-17(27-3)19(16)25)15-8-21-24(2)10-15/h4-11H,1-3H3,(H,20,23,26). The smallest absolute Gasteiger partial charge is 0.222 e. The molecule has 0 unspecified atom stereocenters. The number of methoxy groups -OCH3 is 1. The van der Waals surface area contributed by atoms with Gasteiger partial charge in [-0.25, -0.2) is 9.50 Å². The number of fused-ring (bicyclic) bond motifs is 1. The van der Waals surface area contributed by atoms with Crippen molar-refractivity contribution in [2.45, 2.75) is 6.92 Å². The number of carbonyl (C=O) groups excluding carboxylic acids is 1. The molecule has 1 N–H and O–H groups in total. The Kier molecular flexibility index (Phi) is 4.08. The number of aryl methyl sites for hydroxylation is 1. The van der Waals surface area contributed by atoms with Gasteiger partial charge in [0.25, 0.3) is 0 Å². The van der Waals surface area contributed by atoms with E-state index in [1.807, 2.05) is 37.6 Å². The Morgan fingerprint density at radius 3 is 2.67 bits per heavy atom. The summed E-state index contributed by atoms with van der Waals surface area (Å²) in [6.07, 6.45) is 9.10. The zero-order valence-electron chi connectivity index (χ0n) is 15.2. The Morgan fingerprint density at radius 2 is 1.96 bits per heavy atom. The maximum Gasteiger partial charge on any atom is 0.222 e. The Morgan fingerprint density at radius 1 is 1.11 bits per heavy atom. The van der Waals surface area contributed by atoms with Crippen LogP contribution in [0.4, 0.5) is 5.82 Å². The van der Waals surface area contributed by atoms with E-state index < -0.39 is 0 Å². The second-order valence-corrected chi connectivity index (χ2v) is 6.16. The number of carbonyl (C=O) groups is 1. The fourth-order valence-corrected chi connectivity index (χ4v) is 3.03. The van der Waals surface area contributed by atoms with Gasteiger partial charge >= 0.3 is 0 Å². The van der Waals surface area contributed by atoms with Gasteiger partial charge in [-0.15, -0.1) is 0 Å². The topological polar surface area (TPSA) is 86.3 Å². The van der Waals surface area contributed by atoms with Gasteiger partial charge in [0.1, 0.15) is 17.1 Å². The minimum absolute atomic E-state index is 0.168. The largest absolute Gasteiger partial charge is 0.494 e. The zero-order chi connectivity index (χ0) is 19.0. The molecule has 0 saturated carbocycles. The highest BCUT2D eigenvalue weighted by molar-refractivity contribution is 5.90. The van der Waals surface area contributed by atoms with E-state index in [4.69, 9.17) is 4.74 Å². The Balaban J connectivity index is 1.85. The third-order valence-corrected chi connectivity index (χ3v) is 4.21. The third-order valence-electron chi connectivity index (χ3n) is 4.21. The lowest BCUT2D eigenvalue weighted by Crippen LogP contribution is -2.07. The average molecular weight is 362 g/mol. The molecule has 0 atom stereocenters. The van der Waals surface area contributed by atoms with Crippen LogP contribution in [0.25, 0.3) is 27.8 Å². The molecule has 4 heterocycles. The fourth-order valence-electron chi connectivity index (χ4n) is 3.03. The number of aromatic nitrogens is 5. The Hall–Kier alpha value is -3.68. The molecule has 8 nitrogen and oxygen atoms in total. The summed E-state index contributed by atoms with van der Waals surface area (Å²) in [6, 6.07) is 5.65. The van der Waals surface area contributed by atoms with Crippen molar-refractivity contribution in [3.63, 3.8) is 0 Å². The summed E-state index contributed by atoms with van der Waals surface area (Å²) in [6.45, 7) is 1.45. The van der Waals surface area contributed by atoms with Gasteiger partial charge in [-0.1, -0.05) is 0 Å². The third kappa shape index (κ3) is 3.12. The van der Waals surface area contributed by atoms with Gasteiger partial charge in [0.15, 0.2) is 0 Å². The minimum atomic E-state index is -0.168. The summed E-state index contributed by atoms with van der Waals surface area (Å²) in [5.74, 6) is 1.02. The van der Waals surface area contributed by atoms with E-state index in [-0.39, 0.29) is 5.91 Å². The van der Waals surface area contributed by atoms with E-state index in [2.05, 4.69) is 20.5 Å². The van der Waals surface area contributed by atoms with E-state index >= 15 is 0 Å². The van der Waals surface area contributed by atoms with Crippen LogP contribution in [0.15, 0.2) is 49.2 Å². The highest BCUT2D eigenvalue weighted by Crippen LogP contribution is 2.34. The molecule has 0 aliphatic rings. The normalized spacial score (nSPS) is 10.9. The molecule has 4 rings (SSSR count). The van der Waals surface area contributed by atoms with Crippen molar-refractivity contribution in [2.75, 3.05) is 12.4 Å². The minimum Gasteiger partial charge on any atom is -0.494 e. The first kappa shape index (κ1) is 16.8. The number of hydrogen-bond acceptors (Lipinski definition) is 5. The maximum absolute atomic E-state index is 11.3. The molecule has 136 valence electrons. The molecule has 8 heteroatoms. The number of amides is 1. The van der Waals surface area contributed by atoms with Gasteiger partial charge < -0.3 is 10.1 Å². The first-order valence-corrected chi connectivity index (χ1v) is 8.33. The molecule has 27 heavy (non-hydrogen) atoms. The molecule has 4 aromatic heterocycles. The maximum atomic E-state index is 11.3. The second kappa shape index (κ2) is 6.56. The lowest BCUT2D eigenvalue weighted by Gasteiger charge is -2.09. The summed E-state index contributed by atoms with van der Waals surface area (Å²) >= 11 is 0. The molecule has 0 aliphatic heterocycles. The Labute approximate surface area is 155 Å². The molecule has 0 aliphatic carbocycles. The SMILES string of the molecule is COc1cc(-c2cnn(C)c2)cn2ncc(-c3ccnc(NC(C)=O)c3)c12. The highest BCUT2D eigenvalue weighted by Gasteiger charge is 2.15. The lowest BCUT2D eigenvalue weighted by atomic mass is 10.1. The number of nitrogens with one attached hydrogen (secondary N) is 1. The van der Waals surface area contributed by atoms with Crippen molar-refractivity contribution in [2.24, 2.45) is 7.05 Å². The highest BCUT2D eigenvalue weighted by atomic mass is 16.5. The molecular weight excluding hydrogens is 344 g/mol. The number of anilines is 1. The van der Waals surface area contributed by atoms with Crippen LogP contribution in [0, 0.1) is 0 Å². The summed E-state index contributed by atoms with van der Waals surface area (Å²) in [5, 5.41) is 11.4. The molecule has 0 fully saturated rings. The van der Waals surface area contributed by atoms with Crippen LogP contribution < -0.4 is 10.1 Å². The Bertz CT molecular complexity index is 1140. The summed E-state index contributed by atoms with van der Waals surface area (Å²) in [4.78, 5) is 15.5. The summed E-state index contributed by atoms with van der Waals surface area (Å²) in [5.41, 5.74) is 4.54. The van der Waals surface area contributed by atoms with Crippen LogP contribution in [0.3, 0.4) is 0 Å². The molecule has 1 amide bonds.